The van der Waals surface area contributed by atoms with Crippen LogP contribution < -0.4 is 11.3 Å². The van der Waals surface area contributed by atoms with Crippen LogP contribution in [-0.2, 0) is 6.42 Å². The Morgan fingerprint density at radius 2 is 2.00 bits per heavy atom. The third-order valence-corrected chi connectivity index (χ3v) is 3.84. The lowest BCUT2D eigenvalue weighted by Gasteiger charge is -2.17. The molecule has 0 radical (unpaired) electrons. The molecule has 0 saturated heterocycles. The van der Waals surface area contributed by atoms with E-state index in [1.165, 1.54) is 6.07 Å². The minimum atomic E-state index is -0.326. The maximum Gasteiger partial charge on any atom is 0.127 e. The molecule has 0 fully saturated rings. The highest BCUT2D eigenvalue weighted by atomic mass is 35.5. The Kier molecular flexibility index (Phi) is 4.48. The summed E-state index contributed by atoms with van der Waals surface area (Å²) >= 11 is 5.76. The van der Waals surface area contributed by atoms with Crippen molar-refractivity contribution in [2.24, 2.45) is 5.84 Å². The van der Waals surface area contributed by atoms with Crippen molar-refractivity contribution < 1.29 is 8.81 Å². The summed E-state index contributed by atoms with van der Waals surface area (Å²) in [5.74, 6) is 6.97. The van der Waals surface area contributed by atoms with Crippen LogP contribution in [0.15, 0.2) is 22.6 Å². The van der Waals surface area contributed by atoms with E-state index < -0.39 is 0 Å². The first-order chi connectivity index (χ1) is 9.43. The van der Waals surface area contributed by atoms with E-state index in [1.807, 2.05) is 20.8 Å². The molecule has 108 valence electrons. The number of hydrogen-bond donors (Lipinski definition) is 2. The first-order valence-corrected chi connectivity index (χ1v) is 6.78. The molecule has 1 aromatic heterocycles. The molecule has 0 aliphatic carbocycles. The molecule has 2 rings (SSSR count). The molecule has 3 N–H and O–H groups in total. The number of hydrogen-bond acceptors (Lipinski definition) is 3. The second-order valence-electron chi connectivity index (χ2n) is 4.91. The summed E-state index contributed by atoms with van der Waals surface area (Å²) in [4.78, 5) is 0. The van der Waals surface area contributed by atoms with Crippen LogP contribution in [0.3, 0.4) is 0 Å². The van der Waals surface area contributed by atoms with Crippen molar-refractivity contribution >= 4 is 11.6 Å². The maximum atomic E-state index is 13.9. The van der Waals surface area contributed by atoms with Gasteiger partial charge in [-0.3, -0.25) is 11.3 Å². The van der Waals surface area contributed by atoms with E-state index in [-0.39, 0.29) is 11.9 Å². The number of hydrazine groups is 1. The fourth-order valence-electron chi connectivity index (χ4n) is 2.47. The highest BCUT2D eigenvalue weighted by Gasteiger charge is 2.21. The van der Waals surface area contributed by atoms with Crippen molar-refractivity contribution in [1.82, 2.24) is 5.43 Å². The summed E-state index contributed by atoms with van der Waals surface area (Å²) in [6, 6.07) is 4.46. The van der Waals surface area contributed by atoms with Gasteiger partial charge in [0.2, 0.25) is 0 Å². The highest BCUT2D eigenvalue weighted by Crippen LogP contribution is 2.29. The lowest BCUT2D eigenvalue weighted by atomic mass is 9.96. The Morgan fingerprint density at radius 1 is 1.30 bits per heavy atom. The topological polar surface area (TPSA) is 51.2 Å². The van der Waals surface area contributed by atoms with E-state index in [4.69, 9.17) is 21.9 Å². The van der Waals surface area contributed by atoms with Crippen LogP contribution in [0, 0.1) is 26.6 Å². The molecule has 1 aromatic carbocycles. The van der Waals surface area contributed by atoms with Crippen molar-refractivity contribution in [3.8, 4) is 0 Å². The van der Waals surface area contributed by atoms with Gasteiger partial charge in [-0.2, -0.15) is 0 Å². The van der Waals surface area contributed by atoms with Crippen LogP contribution in [0.1, 0.15) is 34.3 Å². The zero-order chi connectivity index (χ0) is 14.9. The average molecular weight is 297 g/mol. The van der Waals surface area contributed by atoms with E-state index in [0.717, 1.165) is 22.6 Å². The molecular formula is C15H18ClFN2O. The Morgan fingerprint density at radius 3 is 2.50 bits per heavy atom. The zero-order valence-electron chi connectivity index (χ0n) is 11.8. The van der Waals surface area contributed by atoms with E-state index in [9.17, 15) is 4.39 Å². The quantitative estimate of drug-likeness (QED) is 0.667. The maximum absolute atomic E-state index is 13.9. The van der Waals surface area contributed by atoms with Gasteiger partial charge < -0.3 is 4.42 Å². The number of halogens is 2. The molecule has 0 aliphatic heterocycles. The van der Waals surface area contributed by atoms with Gasteiger partial charge >= 0.3 is 0 Å². The Balaban J connectivity index is 2.33. The molecular weight excluding hydrogens is 279 g/mol. The molecule has 5 heteroatoms. The van der Waals surface area contributed by atoms with Crippen molar-refractivity contribution in [3.05, 3.63) is 57.2 Å². The second kappa shape index (κ2) is 5.95. The molecule has 0 aliphatic rings. The minimum Gasteiger partial charge on any atom is -0.466 e. The minimum absolute atomic E-state index is 0.205. The first kappa shape index (κ1) is 15.0. The number of nitrogens with one attached hydrogen (secondary N) is 1. The lowest BCUT2D eigenvalue weighted by molar-refractivity contribution is 0.481. The van der Waals surface area contributed by atoms with E-state index >= 15 is 0 Å². The number of furan rings is 1. The Bertz CT molecular complexity index is 625. The normalized spacial score (nSPS) is 12.7. The van der Waals surface area contributed by atoms with Crippen molar-refractivity contribution in [2.75, 3.05) is 0 Å². The van der Waals surface area contributed by atoms with Gasteiger partial charge in [0, 0.05) is 10.6 Å². The van der Waals surface area contributed by atoms with Gasteiger partial charge in [0.1, 0.15) is 17.3 Å². The van der Waals surface area contributed by atoms with Crippen LogP contribution in [0.25, 0.3) is 0 Å². The summed E-state index contributed by atoms with van der Waals surface area (Å²) in [6.07, 6.45) is 0.431. The van der Waals surface area contributed by atoms with Gasteiger partial charge in [0.05, 0.1) is 6.04 Å². The molecule has 1 atom stereocenters. The van der Waals surface area contributed by atoms with Gasteiger partial charge in [-0.1, -0.05) is 17.7 Å². The van der Waals surface area contributed by atoms with Gasteiger partial charge in [0.25, 0.3) is 0 Å². The standard InChI is InChI=1S/C15H18ClFN2O/c1-8-9(2)20-10(3)15(8)14(19-18)6-11-4-5-12(16)7-13(11)17/h4-5,7,14,19H,6,18H2,1-3H3. The van der Waals surface area contributed by atoms with Gasteiger partial charge in [0.15, 0.2) is 0 Å². The predicted molar refractivity (Wildman–Crippen MR) is 78.1 cm³/mol. The fraction of sp³-hybridized carbons (Fsp3) is 0.333. The van der Waals surface area contributed by atoms with Crippen LogP contribution in [0.4, 0.5) is 4.39 Å². The molecule has 3 nitrogen and oxygen atoms in total. The fourth-order valence-corrected chi connectivity index (χ4v) is 2.63. The van der Waals surface area contributed by atoms with Gasteiger partial charge in [-0.15, -0.1) is 0 Å². The zero-order valence-corrected chi connectivity index (χ0v) is 12.5. The molecule has 1 unspecified atom stereocenters. The lowest BCUT2D eigenvalue weighted by Crippen LogP contribution is -2.30. The van der Waals surface area contributed by atoms with E-state index in [0.29, 0.717) is 17.0 Å². The number of rotatable bonds is 4. The third kappa shape index (κ3) is 2.87. The van der Waals surface area contributed by atoms with Crippen LogP contribution in [0.5, 0.6) is 0 Å². The van der Waals surface area contributed by atoms with E-state index in [2.05, 4.69) is 5.43 Å². The first-order valence-electron chi connectivity index (χ1n) is 6.40. The number of benzene rings is 1. The SMILES string of the molecule is Cc1oc(C)c(C(Cc2ccc(Cl)cc2F)NN)c1C. The summed E-state index contributed by atoms with van der Waals surface area (Å²) in [5.41, 5.74) is 5.34. The Labute approximate surface area is 122 Å². The highest BCUT2D eigenvalue weighted by molar-refractivity contribution is 6.30. The van der Waals surface area contributed by atoms with Crippen LogP contribution in [0.2, 0.25) is 5.02 Å². The summed E-state index contributed by atoms with van der Waals surface area (Å²) in [5, 5.41) is 0.384. The summed E-state index contributed by atoms with van der Waals surface area (Å²) in [6.45, 7) is 5.77. The molecule has 0 saturated carbocycles. The monoisotopic (exact) mass is 296 g/mol. The van der Waals surface area contributed by atoms with Crippen LogP contribution >= 0.6 is 11.6 Å². The molecule has 0 bridgehead atoms. The van der Waals surface area contributed by atoms with Crippen molar-refractivity contribution in [1.29, 1.82) is 0 Å². The molecule has 0 spiro atoms. The predicted octanol–water partition coefficient (Wildman–Crippen LogP) is 3.74. The number of aryl methyl sites for hydroxylation is 2. The third-order valence-electron chi connectivity index (χ3n) is 3.61. The molecule has 1 heterocycles. The average Bonchev–Trinajstić information content (AvgIpc) is 2.63. The summed E-state index contributed by atoms with van der Waals surface area (Å²) < 4.78 is 19.5. The summed E-state index contributed by atoms with van der Waals surface area (Å²) in [7, 11) is 0. The number of nitrogens with two attached hydrogens (primary N) is 1. The second-order valence-corrected chi connectivity index (χ2v) is 5.35. The van der Waals surface area contributed by atoms with Crippen LogP contribution in [-0.4, -0.2) is 0 Å². The largest absolute Gasteiger partial charge is 0.466 e. The Hall–Kier alpha value is -1.36. The van der Waals surface area contributed by atoms with Crippen molar-refractivity contribution in [3.63, 3.8) is 0 Å². The van der Waals surface area contributed by atoms with Gasteiger partial charge in [-0.05, 0) is 50.5 Å². The van der Waals surface area contributed by atoms with E-state index in [1.54, 1.807) is 12.1 Å². The van der Waals surface area contributed by atoms with Gasteiger partial charge in [-0.25, -0.2) is 4.39 Å². The molecule has 0 amide bonds. The molecule has 2 aromatic rings. The smallest absolute Gasteiger partial charge is 0.127 e. The van der Waals surface area contributed by atoms with Crippen molar-refractivity contribution in [2.45, 2.75) is 33.2 Å². The molecule has 20 heavy (non-hydrogen) atoms.